The quantitative estimate of drug-likeness (QED) is 0.571. The van der Waals surface area contributed by atoms with Crippen molar-refractivity contribution >= 4 is 5.78 Å². The first kappa shape index (κ1) is 11.5. The molecule has 0 radical (unpaired) electrons. The molecular formula is C8H4F5NO. The summed E-state index contributed by atoms with van der Waals surface area (Å²) in [5.74, 6) is -1.72. The highest BCUT2D eigenvalue weighted by atomic mass is 19.4. The maximum atomic E-state index is 12.1. The van der Waals surface area contributed by atoms with E-state index < -0.39 is 29.8 Å². The molecule has 0 atom stereocenters. The molecule has 2 nitrogen and oxygen atoms in total. The molecule has 0 spiro atoms. The minimum absolute atomic E-state index is 0.599. The van der Waals surface area contributed by atoms with Gasteiger partial charge < -0.3 is 0 Å². The van der Waals surface area contributed by atoms with E-state index in [9.17, 15) is 26.7 Å². The van der Waals surface area contributed by atoms with Gasteiger partial charge in [-0.3, -0.25) is 4.79 Å². The molecule has 0 aromatic carbocycles. The van der Waals surface area contributed by atoms with E-state index in [4.69, 9.17) is 0 Å². The number of pyridine rings is 1. The third-order valence-electron chi connectivity index (χ3n) is 1.49. The topological polar surface area (TPSA) is 30.0 Å². The second kappa shape index (κ2) is 3.92. The number of alkyl halides is 5. The lowest BCUT2D eigenvalue weighted by Crippen LogP contribution is -2.16. The Morgan fingerprint density at radius 1 is 1.27 bits per heavy atom. The highest BCUT2D eigenvalue weighted by molar-refractivity contribution is 5.96. The zero-order valence-corrected chi connectivity index (χ0v) is 7.05. The van der Waals surface area contributed by atoms with Gasteiger partial charge in [0, 0.05) is 0 Å². The van der Waals surface area contributed by atoms with Gasteiger partial charge in [0.1, 0.15) is 11.4 Å². The molecule has 7 heteroatoms. The third kappa shape index (κ3) is 2.71. The van der Waals surface area contributed by atoms with Crippen molar-refractivity contribution in [2.75, 3.05) is 0 Å². The monoisotopic (exact) mass is 225 g/mol. The van der Waals surface area contributed by atoms with Gasteiger partial charge in [0.25, 0.3) is 0 Å². The summed E-state index contributed by atoms with van der Waals surface area (Å²) in [5, 5.41) is 0. The number of halogens is 5. The van der Waals surface area contributed by atoms with Crippen molar-refractivity contribution in [3.8, 4) is 0 Å². The number of Topliss-reactive ketones (excluding diaryl/α,β-unsaturated/α-hetero) is 1. The summed E-state index contributed by atoms with van der Waals surface area (Å²) in [6.07, 6.45) is -8.11. The van der Waals surface area contributed by atoms with Gasteiger partial charge in [-0.1, -0.05) is 6.07 Å². The Hall–Kier alpha value is -1.53. The molecule has 0 unspecified atom stereocenters. The van der Waals surface area contributed by atoms with E-state index in [2.05, 4.69) is 4.98 Å². The Morgan fingerprint density at radius 2 is 1.87 bits per heavy atom. The lowest BCUT2D eigenvalue weighted by Gasteiger charge is -2.06. The van der Waals surface area contributed by atoms with Crippen LogP contribution >= 0.6 is 0 Å². The fourth-order valence-electron chi connectivity index (χ4n) is 0.842. The predicted molar refractivity (Wildman–Crippen MR) is 39.6 cm³/mol. The van der Waals surface area contributed by atoms with E-state index in [1.807, 2.05) is 0 Å². The van der Waals surface area contributed by atoms with Gasteiger partial charge in [0.15, 0.2) is 0 Å². The molecule has 0 aliphatic heterocycles. The number of aromatic nitrogens is 1. The van der Waals surface area contributed by atoms with Crippen molar-refractivity contribution < 1.29 is 26.7 Å². The van der Waals surface area contributed by atoms with Crippen LogP contribution in [-0.2, 0) is 6.18 Å². The van der Waals surface area contributed by atoms with Gasteiger partial charge in [-0.15, -0.1) is 0 Å². The summed E-state index contributed by atoms with van der Waals surface area (Å²) in [4.78, 5) is 13.5. The minimum Gasteiger partial charge on any atom is -0.286 e. The lowest BCUT2D eigenvalue weighted by atomic mass is 10.2. The number of carbonyl (C=O) groups excluding carboxylic acids is 1. The van der Waals surface area contributed by atoms with Crippen LogP contribution in [0.3, 0.4) is 0 Å². The van der Waals surface area contributed by atoms with Crippen molar-refractivity contribution in [2.45, 2.75) is 12.6 Å². The first-order chi connectivity index (χ1) is 6.82. The highest BCUT2D eigenvalue weighted by Gasteiger charge is 2.33. The molecule has 1 heterocycles. The van der Waals surface area contributed by atoms with E-state index in [0.29, 0.717) is 6.07 Å². The second-order valence-electron chi connectivity index (χ2n) is 2.57. The van der Waals surface area contributed by atoms with Crippen LogP contribution in [0.1, 0.15) is 16.2 Å². The summed E-state index contributed by atoms with van der Waals surface area (Å²) in [6.45, 7) is 0. The zero-order valence-electron chi connectivity index (χ0n) is 7.05. The first-order valence-corrected chi connectivity index (χ1v) is 3.69. The van der Waals surface area contributed by atoms with Crippen molar-refractivity contribution in [3.63, 3.8) is 0 Å². The predicted octanol–water partition coefficient (Wildman–Crippen LogP) is 2.55. The van der Waals surface area contributed by atoms with Crippen LogP contribution in [-0.4, -0.2) is 17.2 Å². The van der Waals surface area contributed by atoms with Gasteiger partial charge in [0.2, 0.25) is 5.78 Å². The second-order valence-corrected chi connectivity index (χ2v) is 2.57. The smallest absolute Gasteiger partial charge is 0.286 e. The van der Waals surface area contributed by atoms with E-state index >= 15 is 0 Å². The highest BCUT2D eigenvalue weighted by Crippen LogP contribution is 2.27. The third-order valence-corrected chi connectivity index (χ3v) is 1.49. The standard InChI is InChI=1S/C8H4F5NO/c9-7(10)6(15)4-2-1-3-5(14-4)8(11,12)13/h1-3,7H. The SMILES string of the molecule is O=C(c1cccc(C(F)(F)F)n1)C(F)F. The largest absolute Gasteiger partial charge is 0.433 e. The molecule has 0 fully saturated rings. The van der Waals surface area contributed by atoms with Crippen molar-refractivity contribution in [1.82, 2.24) is 4.98 Å². The minimum atomic E-state index is -4.75. The van der Waals surface area contributed by atoms with Crippen LogP contribution in [0.25, 0.3) is 0 Å². The van der Waals surface area contributed by atoms with Crippen LogP contribution < -0.4 is 0 Å². The maximum absolute atomic E-state index is 12.1. The Labute approximate surface area is 80.7 Å². The van der Waals surface area contributed by atoms with E-state index in [0.717, 1.165) is 12.1 Å². The molecule has 1 aromatic rings. The molecular weight excluding hydrogens is 221 g/mol. The van der Waals surface area contributed by atoms with Crippen LogP contribution in [0.2, 0.25) is 0 Å². The fourth-order valence-corrected chi connectivity index (χ4v) is 0.842. The van der Waals surface area contributed by atoms with E-state index in [-0.39, 0.29) is 0 Å². The molecule has 0 bridgehead atoms. The first-order valence-electron chi connectivity index (χ1n) is 3.69. The molecule has 0 aliphatic rings. The van der Waals surface area contributed by atoms with Crippen LogP contribution in [0.15, 0.2) is 18.2 Å². The van der Waals surface area contributed by atoms with Crippen LogP contribution in [0.5, 0.6) is 0 Å². The molecule has 0 amide bonds. The van der Waals surface area contributed by atoms with Crippen molar-refractivity contribution in [1.29, 1.82) is 0 Å². The number of rotatable bonds is 2. The molecule has 1 rings (SSSR count). The summed E-state index contributed by atoms with van der Waals surface area (Å²) in [6, 6.07) is 2.26. The lowest BCUT2D eigenvalue weighted by molar-refractivity contribution is -0.141. The Kier molecular flexibility index (Phi) is 3.01. The van der Waals surface area contributed by atoms with Gasteiger partial charge in [-0.25, -0.2) is 13.8 Å². The van der Waals surface area contributed by atoms with E-state index in [1.54, 1.807) is 0 Å². The van der Waals surface area contributed by atoms with Crippen molar-refractivity contribution in [3.05, 3.63) is 29.6 Å². The van der Waals surface area contributed by atoms with E-state index in [1.165, 1.54) is 0 Å². The van der Waals surface area contributed by atoms with Gasteiger partial charge in [0.05, 0.1) is 0 Å². The number of carbonyl (C=O) groups is 1. The molecule has 0 saturated heterocycles. The summed E-state index contributed by atoms with van der Waals surface area (Å²) < 4.78 is 60.0. The molecule has 0 N–H and O–H groups in total. The maximum Gasteiger partial charge on any atom is 0.433 e. The number of nitrogens with zero attached hydrogens (tertiary/aromatic N) is 1. The Morgan fingerprint density at radius 3 is 2.33 bits per heavy atom. The molecule has 0 saturated carbocycles. The van der Waals surface area contributed by atoms with Gasteiger partial charge in [-0.2, -0.15) is 13.2 Å². The molecule has 1 aromatic heterocycles. The summed E-state index contributed by atoms with van der Waals surface area (Å²) >= 11 is 0. The summed E-state index contributed by atoms with van der Waals surface area (Å²) in [7, 11) is 0. The van der Waals surface area contributed by atoms with Crippen LogP contribution in [0.4, 0.5) is 22.0 Å². The van der Waals surface area contributed by atoms with Gasteiger partial charge in [-0.05, 0) is 12.1 Å². The molecule has 82 valence electrons. The molecule has 0 aliphatic carbocycles. The van der Waals surface area contributed by atoms with Crippen LogP contribution in [0, 0.1) is 0 Å². The Bertz CT molecular complexity index is 374. The zero-order chi connectivity index (χ0) is 11.6. The van der Waals surface area contributed by atoms with Crippen molar-refractivity contribution in [2.24, 2.45) is 0 Å². The summed E-state index contributed by atoms with van der Waals surface area (Å²) in [5.41, 5.74) is -2.26. The number of hydrogen-bond donors (Lipinski definition) is 0. The van der Waals surface area contributed by atoms with Gasteiger partial charge >= 0.3 is 12.6 Å². The fraction of sp³-hybridized carbons (Fsp3) is 0.250. The normalized spacial score (nSPS) is 11.9. The Balaban J connectivity index is 3.09. The average Bonchev–Trinajstić information content (AvgIpc) is 2.15. The number of hydrogen-bond acceptors (Lipinski definition) is 2. The number of ketones is 1. The molecule has 15 heavy (non-hydrogen) atoms. The average molecular weight is 225 g/mol.